The van der Waals surface area contributed by atoms with Crippen LogP contribution in [0.25, 0.3) is 0 Å². The monoisotopic (exact) mass is 346 g/mol. The number of carbonyl (C=O) groups is 1. The number of hydrogen-bond acceptors (Lipinski definition) is 3. The zero-order valence-electron chi connectivity index (χ0n) is 9.03. The number of rotatable bonds is 4. The summed E-state index contributed by atoms with van der Waals surface area (Å²) in [5, 5.41) is 7.96. The van der Waals surface area contributed by atoms with Gasteiger partial charge < -0.3 is 5.11 Å². The van der Waals surface area contributed by atoms with Crippen LogP contribution >= 0.6 is 34.8 Å². The van der Waals surface area contributed by atoms with Crippen LogP contribution in [-0.2, 0) is 9.84 Å². The van der Waals surface area contributed by atoms with Crippen LogP contribution in [0.1, 0.15) is 10.4 Å². The third-order valence-electron chi connectivity index (χ3n) is 2.04. The Bertz CT molecular complexity index is 655. The Kier molecular flexibility index (Phi) is 5.20. The standard InChI is InChI=1S/C10H6Cl3FO4S/c11-3-5(12)4-19(17,18)6-1-7(10(15)16)9(13)8(14)2-6/h1-3H,4H2,(H,15,16)/b5-3-. The van der Waals surface area contributed by atoms with Gasteiger partial charge in [-0.3, -0.25) is 0 Å². The molecule has 0 bridgehead atoms. The van der Waals surface area contributed by atoms with Crippen molar-refractivity contribution in [1.29, 1.82) is 0 Å². The number of benzene rings is 1. The van der Waals surface area contributed by atoms with Crippen molar-refractivity contribution in [3.63, 3.8) is 0 Å². The molecule has 0 aliphatic carbocycles. The summed E-state index contributed by atoms with van der Waals surface area (Å²) in [5.74, 6) is -3.36. The summed E-state index contributed by atoms with van der Waals surface area (Å²) in [6.45, 7) is 0. The number of halogens is 4. The van der Waals surface area contributed by atoms with Gasteiger partial charge in [0.15, 0.2) is 9.84 Å². The summed E-state index contributed by atoms with van der Waals surface area (Å²) in [6.07, 6.45) is 0. The Balaban J connectivity index is 3.41. The summed E-state index contributed by atoms with van der Waals surface area (Å²) in [5.41, 5.74) is 0.204. The smallest absolute Gasteiger partial charge is 0.337 e. The van der Waals surface area contributed by atoms with Crippen LogP contribution in [0, 0.1) is 5.82 Å². The summed E-state index contributed by atoms with van der Waals surface area (Å²) in [7, 11) is -4.01. The van der Waals surface area contributed by atoms with Crippen molar-refractivity contribution in [2.75, 3.05) is 5.75 Å². The van der Waals surface area contributed by atoms with Crippen molar-refractivity contribution in [1.82, 2.24) is 0 Å². The van der Waals surface area contributed by atoms with Crippen LogP contribution in [0.5, 0.6) is 0 Å². The Morgan fingerprint density at radius 1 is 1.42 bits per heavy atom. The van der Waals surface area contributed by atoms with Crippen molar-refractivity contribution < 1.29 is 22.7 Å². The predicted octanol–water partition coefficient (Wildman–Crippen LogP) is 3.27. The second-order valence-corrected chi connectivity index (χ2v) is 6.46. The lowest BCUT2D eigenvalue weighted by atomic mass is 10.2. The van der Waals surface area contributed by atoms with Crippen molar-refractivity contribution in [2.45, 2.75) is 4.90 Å². The fraction of sp³-hybridized carbons (Fsp3) is 0.100. The second-order valence-electron chi connectivity index (χ2n) is 3.39. The van der Waals surface area contributed by atoms with Crippen LogP contribution in [0.3, 0.4) is 0 Å². The lowest BCUT2D eigenvalue weighted by Crippen LogP contribution is -2.10. The molecule has 1 aromatic rings. The van der Waals surface area contributed by atoms with Gasteiger partial charge in [-0.2, -0.15) is 0 Å². The summed E-state index contributed by atoms with van der Waals surface area (Å²) in [6, 6.07) is 1.39. The molecule has 0 spiro atoms. The topological polar surface area (TPSA) is 71.4 Å². The first kappa shape index (κ1) is 16.2. The fourth-order valence-corrected chi connectivity index (χ4v) is 3.18. The first-order chi connectivity index (χ1) is 8.69. The van der Waals surface area contributed by atoms with Crippen molar-refractivity contribution in [2.24, 2.45) is 0 Å². The highest BCUT2D eigenvalue weighted by Crippen LogP contribution is 2.26. The van der Waals surface area contributed by atoms with Gasteiger partial charge in [0.05, 0.1) is 21.2 Å². The van der Waals surface area contributed by atoms with Gasteiger partial charge in [0, 0.05) is 10.6 Å². The van der Waals surface area contributed by atoms with E-state index in [9.17, 15) is 17.6 Å². The number of sulfone groups is 1. The molecule has 1 aromatic carbocycles. The quantitative estimate of drug-likeness (QED) is 0.907. The summed E-state index contributed by atoms with van der Waals surface area (Å²) >= 11 is 16.2. The molecule has 0 heterocycles. The molecule has 1 rings (SSSR count). The molecule has 19 heavy (non-hydrogen) atoms. The first-order valence-electron chi connectivity index (χ1n) is 4.59. The molecule has 0 aliphatic heterocycles. The Hall–Kier alpha value is -0.820. The molecule has 0 unspecified atom stereocenters. The zero-order chi connectivity index (χ0) is 14.8. The van der Waals surface area contributed by atoms with E-state index in [0.717, 1.165) is 11.6 Å². The van der Waals surface area contributed by atoms with E-state index < -0.39 is 42.9 Å². The third-order valence-corrected chi connectivity index (χ3v) is 4.84. The average Bonchev–Trinajstić information content (AvgIpc) is 2.31. The maximum atomic E-state index is 13.4. The maximum Gasteiger partial charge on any atom is 0.337 e. The van der Waals surface area contributed by atoms with E-state index in [2.05, 4.69) is 0 Å². The molecule has 4 nitrogen and oxygen atoms in total. The number of hydrogen-bond donors (Lipinski definition) is 1. The summed E-state index contributed by atoms with van der Waals surface area (Å²) < 4.78 is 37.1. The Morgan fingerprint density at radius 2 is 2.00 bits per heavy atom. The summed E-state index contributed by atoms with van der Waals surface area (Å²) in [4.78, 5) is 10.3. The second kappa shape index (κ2) is 6.09. The molecular weight excluding hydrogens is 342 g/mol. The molecule has 0 aliphatic rings. The van der Waals surface area contributed by atoms with Gasteiger partial charge in [-0.05, 0) is 12.1 Å². The van der Waals surface area contributed by atoms with Crippen LogP contribution in [-0.4, -0.2) is 25.2 Å². The normalized spacial score (nSPS) is 12.5. The molecule has 0 atom stereocenters. The number of aromatic carboxylic acids is 1. The molecular formula is C10H6Cl3FO4S. The van der Waals surface area contributed by atoms with Crippen molar-refractivity contribution >= 4 is 50.6 Å². The molecule has 0 radical (unpaired) electrons. The Morgan fingerprint density at radius 3 is 2.47 bits per heavy atom. The van der Waals surface area contributed by atoms with Crippen LogP contribution in [0.2, 0.25) is 5.02 Å². The van der Waals surface area contributed by atoms with E-state index in [1.54, 1.807) is 0 Å². The zero-order valence-corrected chi connectivity index (χ0v) is 12.1. The average molecular weight is 348 g/mol. The van der Waals surface area contributed by atoms with Gasteiger partial charge in [-0.25, -0.2) is 17.6 Å². The third kappa shape index (κ3) is 3.82. The van der Waals surface area contributed by atoms with E-state index in [4.69, 9.17) is 39.9 Å². The predicted molar refractivity (Wildman–Crippen MR) is 70.2 cm³/mol. The van der Waals surface area contributed by atoms with Gasteiger partial charge in [-0.15, -0.1) is 0 Å². The van der Waals surface area contributed by atoms with E-state index in [-0.39, 0.29) is 5.03 Å². The number of carboxylic acid groups (broad SMARTS) is 1. The first-order valence-corrected chi connectivity index (χ1v) is 7.43. The van der Waals surface area contributed by atoms with Gasteiger partial charge in [0.25, 0.3) is 0 Å². The van der Waals surface area contributed by atoms with Gasteiger partial charge >= 0.3 is 5.97 Å². The van der Waals surface area contributed by atoms with E-state index in [1.807, 2.05) is 0 Å². The van der Waals surface area contributed by atoms with E-state index in [0.29, 0.717) is 6.07 Å². The molecule has 0 amide bonds. The SMILES string of the molecule is O=C(O)c1cc(S(=O)(=O)C/C(Cl)=C/Cl)cc(F)c1Cl. The number of carboxylic acids is 1. The molecule has 1 N–H and O–H groups in total. The largest absolute Gasteiger partial charge is 0.478 e. The highest BCUT2D eigenvalue weighted by molar-refractivity contribution is 7.91. The Labute approximate surface area is 123 Å². The molecule has 0 saturated carbocycles. The highest BCUT2D eigenvalue weighted by Gasteiger charge is 2.22. The van der Waals surface area contributed by atoms with Crippen LogP contribution < -0.4 is 0 Å². The highest BCUT2D eigenvalue weighted by atomic mass is 35.5. The minimum Gasteiger partial charge on any atom is -0.478 e. The van der Waals surface area contributed by atoms with E-state index >= 15 is 0 Å². The fourth-order valence-electron chi connectivity index (χ4n) is 1.20. The molecule has 0 saturated heterocycles. The molecule has 104 valence electrons. The minimum absolute atomic E-state index is 0.186. The molecule has 0 fully saturated rings. The van der Waals surface area contributed by atoms with Gasteiger partial charge in [0.2, 0.25) is 0 Å². The van der Waals surface area contributed by atoms with Gasteiger partial charge in [0.1, 0.15) is 5.82 Å². The van der Waals surface area contributed by atoms with Crippen molar-refractivity contribution in [3.05, 3.63) is 39.1 Å². The minimum atomic E-state index is -4.01. The lowest BCUT2D eigenvalue weighted by molar-refractivity contribution is 0.0696. The van der Waals surface area contributed by atoms with Crippen molar-refractivity contribution in [3.8, 4) is 0 Å². The van der Waals surface area contributed by atoms with Gasteiger partial charge in [-0.1, -0.05) is 34.8 Å². The van der Waals surface area contributed by atoms with E-state index in [1.165, 1.54) is 0 Å². The molecule has 9 heteroatoms. The maximum absolute atomic E-state index is 13.4. The lowest BCUT2D eigenvalue weighted by Gasteiger charge is -2.07. The van der Waals surface area contributed by atoms with Crippen LogP contribution in [0.4, 0.5) is 4.39 Å². The van der Waals surface area contributed by atoms with Crippen LogP contribution in [0.15, 0.2) is 27.6 Å². The molecule has 0 aromatic heterocycles.